The Kier molecular flexibility index (Phi) is 8.84. The summed E-state index contributed by atoms with van der Waals surface area (Å²) in [5.74, 6) is -0.0595. The van der Waals surface area contributed by atoms with Crippen LogP contribution < -0.4 is 10.2 Å². The second-order valence-electron chi connectivity index (χ2n) is 10.5. The van der Waals surface area contributed by atoms with Gasteiger partial charge in [-0.1, -0.05) is 72.6 Å². The van der Waals surface area contributed by atoms with E-state index in [0.717, 1.165) is 41.3 Å². The van der Waals surface area contributed by atoms with Gasteiger partial charge in [0.05, 0.1) is 17.1 Å². The van der Waals surface area contributed by atoms with Gasteiger partial charge >= 0.3 is 0 Å². The highest BCUT2D eigenvalue weighted by atomic mass is 32.2. The van der Waals surface area contributed by atoms with Crippen molar-refractivity contribution in [2.75, 3.05) is 31.1 Å². The van der Waals surface area contributed by atoms with E-state index < -0.39 is 0 Å². The molecule has 0 atom stereocenters. The van der Waals surface area contributed by atoms with E-state index in [-0.39, 0.29) is 11.8 Å². The van der Waals surface area contributed by atoms with Crippen LogP contribution >= 0.6 is 11.8 Å². The predicted octanol–water partition coefficient (Wildman–Crippen LogP) is 6.59. The van der Waals surface area contributed by atoms with Crippen molar-refractivity contribution in [3.63, 3.8) is 0 Å². The molecule has 3 aromatic rings. The number of fused-ring (bicyclic) bond motifs is 1. The Hall–Kier alpha value is -3.35. The lowest BCUT2D eigenvalue weighted by Gasteiger charge is -2.31. The number of hydrogen-bond donors (Lipinski definition) is 1. The van der Waals surface area contributed by atoms with Crippen molar-refractivity contribution >= 4 is 35.3 Å². The Morgan fingerprint density at radius 3 is 2.46 bits per heavy atom. The van der Waals surface area contributed by atoms with Crippen LogP contribution in [-0.2, 0) is 11.3 Å². The highest BCUT2D eigenvalue weighted by Crippen LogP contribution is 2.42. The molecule has 5 rings (SSSR count). The van der Waals surface area contributed by atoms with Crippen molar-refractivity contribution in [2.24, 2.45) is 0 Å². The highest BCUT2D eigenvalue weighted by molar-refractivity contribution is 8.04. The van der Waals surface area contributed by atoms with Crippen LogP contribution in [0.3, 0.4) is 0 Å². The van der Waals surface area contributed by atoms with E-state index in [0.29, 0.717) is 23.6 Å². The van der Waals surface area contributed by atoms with E-state index >= 15 is 0 Å². The molecule has 0 radical (unpaired) electrons. The number of carbonyl (C=O) groups is 2. The topological polar surface area (TPSA) is 52.7 Å². The first-order valence-corrected chi connectivity index (χ1v) is 14.8. The van der Waals surface area contributed by atoms with Crippen molar-refractivity contribution in [3.05, 3.63) is 99.5 Å². The van der Waals surface area contributed by atoms with E-state index in [1.54, 1.807) is 0 Å². The molecule has 1 N–H and O–H groups in total. The number of carbonyl (C=O) groups excluding carboxylic acids is 2. The van der Waals surface area contributed by atoms with Gasteiger partial charge in [-0.25, -0.2) is 0 Å². The first-order chi connectivity index (χ1) is 19.0. The second kappa shape index (κ2) is 12.7. The van der Waals surface area contributed by atoms with Gasteiger partial charge in [-0.05, 0) is 86.8 Å². The summed E-state index contributed by atoms with van der Waals surface area (Å²) in [6.45, 7) is 8.51. The van der Waals surface area contributed by atoms with E-state index in [2.05, 4.69) is 48.3 Å². The molecular weight excluding hydrogens is 502 g/mol. The Bertz CT molecular complexity index is 1360. The molecule has 2 aliphatic rings. The summed E-state index contributed by atoms with van der Waals surface area (Å²) in [4.78, 5) is 32.5. The summed E-state index contributed by atoms with van der Waals surface area (Å²) >= 11 is 1.50. The molecule has 5 nitrogen and oxygen atoms in total. The fourth-order valence-corrected chi connectivity index (χ4v) is 6.29. The molecule has 0 aliphatic carbocycles. The molecule has 0 aromatic heterocycles. The third kappa shape index (κ3) is 6.81. The molecule has 0 spiro atoms. The maximum atomic E-state index is 13.7. The molecule has 3 aromatic carbocycles. The average Bonchev–Trinajstić information content (AvgIpc) is 3.22. The summed E-state index contributed by atoms with van der Waals surface area (Å²) in [6, 6.07) is 22.0. The van der Waals surface area contributed by atoms with Crippen LogP contribution in [0.5, 0.6) is 0 Å². The van der Waals surface area contributed by atoms with Crippen molar-refractivity contribution in [2.45, 2.75) is 51.0 Å². The summed E-state index contributed by atoms with van der Waals surface area (Å²) in [6.07, 6.45) is 7.06. The van der Waals surface area contributed by atoms with Crippen molar-refractivity contribution in [1.29, 1.82) is 0 Å². The van der Waals surface area contributed by atoms with Crippen LogP contribution in [0.4, 0.5) is 5.69 Å². The van der Waals surface area contributed by atoms with Gasteiger partial charge in [-0.15, -0.1) is 0 Å². The van der Waals surface area contributed by atoms with Gasteiger partial charge < -0.3 is 15.1 Å². The Morgan fingerprint density at radius 1 is 0.949 bits per heavy atom. The zero-order valence-electron chi connectivity index (χ0n) is 22.9. The zero-order valence-corrected chi connectivity index (χ0v) is 23.7. The van der Waals surface area contributed by atoms with Gasteiger partial charge in [-0.2, -0.15) is 0 Å². The third-order valence-electron chi connectivity index (χ3n) is 7.55. The number of thioether (sulfide) groups is 1. The second-order valence-corrected chi connectivity index (χ2v) is 11.6. The first-order valence-electron chi connectivity index (χ1n) is 13.9. The maximum absolute atomic E-state index is 13.7. The van der Waals surface area contributed by atoms with Gasteiger partial charge in [0.2, 0.25) is 0 Å². The largest absolute Gasteiger partial charge is 0.351 e. The summed E-state index contributed by atoms with van der Waals surface area (Å²) in [7, 11) is 0. The molecule has 39 heavy (non-hydrogen) atoms. The zero-order chi connectivity index (χ0) is 27.2. The minimum atomic E-state index is -0.0548. The van der Waals surface area contributed by atoms with Gasteiger partial charge in [0.15, 0.2) is 0 Å². The number of hydrogen-bond acceptors (Lipinski definition) is 4. The number of nitrogens with zero attached hydrogens (tertiary/aromatic N) is 2. The van der Waals surface area contributed by atoms with Crippen LogP contribution in [0.15, 0.2) is 76.5 Å². The van der Waals surface area contributed by atoms with Crippen molar-refractivity contribution < 1.29 is 9.59 Å². The monoisotopic (exact) mass is 539 g/mol. The molecule has 0 unspecified atom stereocenters. The molecule has 202 valence electrons. The summed E-state index contributed by atoms with van der Waals surface area (Å²) < 4.78 is 0. The normalized spacial score (nSPS) is 17.1. The molecule has 0 saturated carbocycles. The molecule has 6 heteroatoms. The van der Waals surface area contributed by atoms with Crippen molar-refractivity contribution in [1.82, 2.24) is 10.2 Å². The van der Waals surface area contributed by atoms with Gasteiger partial charge in [0, 0.05) is 23.5 Å². The molecule has 2 heterocycles. The fourth-order valence-electron chi connectivity index (χ4n) is 5.23. The summed E-state index contributed by atoms with van der Waals surface area (Å²) in [5, 5.41) is 3.06. The van der Waals surface area contributed by atoms with Gasteiger partial charge in [0.1, 0.15) is 0 Å². The number of anilines is 1. The van der Waals surface area contributed by atoms with E-state index in [1.165, 1.54) is 48.6 Å². The lowest BCUT2D eigenvalue weighted by molar-refractivity contribution is -0.114. The number of amides is 2. The smallest absolute Gasteiger partial charge is 0.265 e. The van der Waals surface area contributed by atoms with Crippen molar-refractivity contribution in [3.8, 4) is 0 Å². The predicted molar refractivity (Wildman–Crippen MR) is 161 cm³/mol. The number of likely N-dealkylation sites (tertiary alicyclic amines) is 1. The van der Waals surface area contributed by atoms with Crippen LogP contribution in [0.1, 0.15) is 58.3 Å². The Balaban J connectivity index is 1.28. The van der Waals surface area contributed by atoms with Gasteiger partial charge in [-0.3, -0.25) is 9.59 Å². The number of nitrogens with one attached hydrogen (secondary N) is 1. The van der Waals surface area contributed by atoms with Crippen LogP contribution in [0.25, 0.3) is 6.08 Å². The number of para-hydroxylation sites is 1. The Labute approximate surface area is 236 Å². The van der Waals surface area contributed by atoms with E-state index in [1.807, 2.05) is 53.4 Å². The Morgan fingerprint density at radius 2 is 1.69 bits per heavy atom. The standard InChI is InChI=1S/C33H37N3O2S/c1-24-11-12-25(2)28(21-24)23-36-29-9-5-6-10-30(29)39-31(33(36)38)22-26-13-15-27(16-14-26)32(37)34-17-20-35-18-7-3-4-8-19-35/h5-6,9-16,21-22H,3-4,7-8,17-20,23H2,1-2H3,(H,34,37)/b31-22-. The maximum Gasteiger partial charge on any atom is 0.265 e. The molecule has 1 fully saturated rings. The average molecular weight is 540 g/mol. The molecule has 2 aliphatic heterocycles. The quantitative estimate of drug-likeness (QED) is 0.344. The minimum absolute atomic E-state index is 0.00469. The lowest BCUT2D eigenvalue weighted by atomic mass is 10.0. The minimum Gasteiger partial charge on any atom is -0.351 e. The third-order valence-corrected chi connectivity index (χ3v) is 8.63. The molecular formula is C33H37N3O2S. The van der Waals surface area contributed by atoms with Crippen LogP contribution in [-0.4, -0.2) is 42.9 Å². The van der Waals surface area contributed by atoms with Gasteiger partial charge in [0.25, 0.3) is 11.8 Å². The lowest BCUT2D eigenvalue weighted by Crippen LogP contribution is -2.35. The molecule has 2 amide bonds. The summed E-state index contributed by atoms with van der Waals surface area (Å²) in [5.41, 5.74) is 5.99. The van der Waals surface area contributed by atoms with E-state index in [9.17, 15) is 9.59 Å². The number of aryl methyl sites for hydroxylation is 2. The fraction of sp³-hybridized carbons (Fsp3) is 0.333. The highest BCUT2D eigenvalue weighted by Gasteiger charge is 2.29. The molecule has 0 bridgehead atoms. The number of rotatable bonds is 7. The van der Waals surface area contributed by atoms with Crippen LogP contribution in [0.2, 0.25) is 0 Å². The van der Waals surface area contributed by atoms with Crippen LogP contribution in [0, 0.1) is 13.8 Å². The number of benzene rings is 3. The first kappa shape index (κ1) is 27.2. The SMILES string of the molecule is Cc1ccc(C)c(CN2C(=O)/C(=C/c3ccc(C(=O)NCCN4CCCCCC4)cc3)Sc3ccccc32)c1. The van der Waals surface area contributed by atoms with E-state index in [4.69, 9.17) is 0 Å². The molecule has 1 saturated heterocycles.